The highest BCUT2D eigenvalue weighted by atomic mass is 32.1. The summed E-state index contributed by atoms with van der Waals surface area (Å²) in [7, 11) is 0. The molecular weight excluding hydrogens is 211 g/mol. The van der Waals surface area contributed by atoms with Gasteiger partial charge in [0.05, 0.1) is 5.01 Å². The minimum atomic E-state index is -0.874. The van der Waals surface area contributed by atoms with Crippen LogP contribution in [-0.2, 0) is 6.42 Å². The first kappa shape index (κ1) is 12.6. The summed E-state index contributed by atoms with van der Waals surface area (Å²) in [5.74, 6) is 0.222. The van der Waals surface area contributed by atoms with Crippen molar-refractivity contribution in [3.63, 3.8) is 0 Å². The summed E-state index contributed by atoms with van der Waals surface area (Å²) in [4.78, 5) is 4.26. The van der Waals surface area contributed by atoms with Gasteiger partial charge in [0.15, 0.2) is 0 Å². The summed E-state index contributed by atoms with van der Waals surface area (Å²) >= 11 is 1.53. The summed E-state index contributed by atoms with van der Waals surface area (Å²) in [5, 5.41) is 2.83. The summed E-state index contributed by atoms with van der Waals surface area (Å²) < 4.78 is 13.9. The molecule has 1 aromatic rings. The zero-order chi connectivity index (χ0) is 11.4. The second-order valence-corrected chi connectivity index (χ2v) is 5.19. The molecule has 1 rings (SSSR count). The van der Waals surface area contributed by atoms with Gasteiger partial charge in [-0.15, -0.1) is 11.3 Å². The first-order valence-electron chi connectivity index (χ1n) is 5.29. The lowest BCUT2D eigenvalue weighted by atomic mass is 9.90. The minimum absolute atomic E-state index is 0.0609. The predicted molar refractivity (Wildman–Crippen MR) is 62.8 cm³/mol. The Hall–Kier alpha value is -0.480. The minimum Gasteiger partial charge on any atom is -0.330 e. The molecule has 2 unspecified atom stereocenters. The van der Waals surface area contributed by atoms with E-state index in [1.54, 1.807) is 0 Å². The van der Waals surface area contributed by atoms with Gasteiger partial charge in [0.2, 0.25) is 0 Å². The average molecular weight is 230 g/mol. The lowest BCUT2D eigenvalue weighted by Crippen LogP contribution is -2.30. The first-order valence-corrected chi connectivity index (χ1v) is 6.17. The van der Waals surface area contributed by atoms with Crippen molar-refractivity contribution in [1.29, 1.82) is 0 Å². The molecule has 4 heteroatoms. The third-order valence-corrected chi connectivity index (χ3v) is 3.62. The molecule has 2 N–H and O–H groups in total. The molecule has 0 aromatic carbocycles. The van der Waals surface area contributed by atoms with E-state index in [0.29, 0.717) is 13.0 Å². The Balaban J connectivity index is 2.57. The fourth-order valence-corrected chi connectivity index (χ4v) is 2.46. The summed E-state index contributed by atoms with van der Waals surface area (Å²) in [6, 6.07) is 0. The monoisotopic (exact) mass is 230 g/mol. The van der Waals surface area contributed by atoms with Crippen molar-refractivity contribution in [2.24, 2.45) is 17.6 Å². The van der Waals surface area contributed by atoms with Gasteiger partial charge in [0, 0.05) is 23.4 Å². The molecule has 0 saturated heterocycles. The molecule has 2 nitrogen and oxygen atoms in total. The summed E-state index contributed by atoms with van der Waals surface area (Å²) in [5.41, 5.74) is 6.55. The van der Waals surface area contributed by atoms with E-state index in [-0.39, 0.29) is 11.8 Å². The Morgan fingerprint density at radius 3 is 2.60 bits per heavy atom. The molecule has 2 atom stereocenters. The Kier molecular flexibility index (Phi) is 4.67. The molecule has 15 heavy (non-hydrogen) atoms. The predicted octanol–water partition coefficient (Wildman–Crippen LogP) is 2.56. The quantitative estimate of drug-likeness (QED) is 0.844. The van der Waals surface area contributed by atoms with E-state index in [9.17, 15) is 4.39 Å². The van der Waals surface area contributed by atoms with E-state index in [1.165, 1.54) is 11.3 Å². The van der Waals surface area contributed by atoms with Crippen LogP contribution >= 0.6 is 11.3 Å². The largest absolute Gasteiger partial charge is 0.330 e. The molecule has 0 aliphatic carbocycles. The first-order chi connectivity index (χ1) is 7.04. The van der Waals surface area contributed by atoms with Crippen LogP contribution in [0.2, 0.25) is 0 Å². The Bertz CT molecular complexity index is 299. The van der Waals surface area contributed by atoms with Crippen LogP contribution in [0, 0.1) is 18.8 Å². The topological polar surface area (TPSA) is 38.9 Å². The van der Waals surface area contributed by atoms with E-state index in [4.69, 9.17) is 5.73 Å². The number of hydrogen-bond donors (Lipinski definition) is 1. The Labute approximate surface area is 94.7 Å². The molecule has 1 aromatic heterocycles. The van der Waals surface area contributed by atoms with Crippen LogP contribution in [0.1, 0.15) is 24.5 Å². The van der Waals surface area contributed by atoms with Crippen LogP contribution in [0.15, 0.2) is 5.38 Å². The maximum absolute atomic E-state index is 13.9. The van der Waals surface area contributed by atoms with E-state index < -0.39 is 6.17 Å². The molecule has 1 heterocycles. The van der Waals surface area contributed by atoms with Crippen molar-refractivity contribution in [3.8, 4) is 0 Å². The fraction of sp³-hybridized carbons (Fsp3) is 0.727. The zero-order valence-corrected chi connectivity index (χ0v) is 10.4. The highest BCUT2D eigenvalue weighted by Gasteiger charge is 2.24. The summed E-state index contributed by atoms with van der Waals surface area (Å²) in [6.07, 6.45) is -0.473. The SMILES string of the molecule is Cc1csc(CC(F)C(CN)C(C)C)n1. The van der Waals surface area contributed by atoms with Gasteiger partial charge < -0.3 is 5.73 Å². The van der Waals surface area contributed by atoms with Crippen LogP contribution in [0.3, 0.4) is 0 Å². The normalized spacial score (nSPS) is 15.6. The van der Waals surface area contributed by atoms with Crippen LogP contribution in [-0.4, -0.2) is 17.7 Å². The van der Waals surface area contributed by atoms with Crippen molar-refractivity contribution in [2.75, 3.05) is 6.54 Å². The third kappa shape index (κ3) is 3.54. The third-order valence-electron chi connectivity index (χ3n) is 2.63. The van der Waals surface area contributed by atoms with Crippen molar-refractivity contribution in [1.82, 2.24) is 4.98 Å². The molecule has 86 valence electrons. The highest BCUT2D eigenvalue weighted by Crippen LogP contribution is 2.22. The maximum atomic E-state index is 13.9. The van der Waals surface area contributed by atoms with E-state index in [0.717, 1.165) is 10.7 Å². The number of alkyl halides is 1. The molecular formula is C11H19FN2S. The van der Waals surface area contributed by atoms with Crippen molar-refractivity contribution < 1.29 is 4.39 Å². The molecule has 0 spiro atoms. The van der Waals surface area contributed by atoms with Gasteiger partial charge in [-0.25, -0.2) is 9.37 Å². The van der Waals surface area contributed by atoms with Gasteiger partial charge in [0.1, 0.15) is 6.17 Å². The van der Waals surface area contributed by atoms with Crippen LogP contribution < -0.4 is 5.73 Å². The van der Waals surface area contributed by atoms with Gasteiger partial charge in [-0.2, -0.15) is 0 Å². The zero-order valence-electron chi connectivity index (χ0n) is 9.53. The lowest BCUT2D eigenvalue weighted by Gasteiger charge is -2.22. The fourth-order valence-electron chi connectivity index (χ4n) is 1.65. The van der Waals surface area contributed by atoms with E-state index in [1.807, 2.05) is 26.2 Å². The standard InChI is InChI=1S/C11H19FN2S/c1-7(2)9(5-13)10(12)4-11-14-8(3)6-15-11/h6-7,9-10H,4-5,13H2,1-3H3. The lowest BCUT2D eigenvalue weighted by molar-refractivity contribution is 0.185. The van der Waals surface area contributed by atoms with Crippen LogP contribution in [0.25, 0.3) is 0 Å². The number of nitrogens with two attached hydrogens (primary N) is 1. The van der Waals surface area contributed by atoms with Gasteiger partial charge >= 0.3 is 0 Å². The van der Waals surface area contributed by atoms with Crippen LogP contribution in [0.5, 0.6) is 0 Å². The number of aryl methyl sites for hydroxylation is 1. The average Bonchev–Trinajstić information content (AvgIpc) is 2.51. The second-order valence-electron chi connectivity index (χ2n) is 4.25. The van der Waals surface area contributed by atoms with E-state index >= 15 is 0 Å². The van der Waals surface area contributed by atoms with Crippen molar-refractivity contribution in [3.05, 3.63) is 16.1 Å². The molecule has 0 radical (unpaired) electrons. The molecule has 0 aliphatic rings. The van der Waals surface area contributed by atoms with Gasteiger partial charge in [-0.1, -0.05) is 13.8 Å². The van der Waals surface area contributed by atoms with Crippen LogP contribution in [0.4, 0.5) is 4.39 Å². The van der Waals surface area contributed by atoms with Gasteiger partial charge in [0.25, 0.3) is 0 Å². The molecule has 0 bridgehead atoms. The van der Waals surface area contributed by atoms with Gasteiger partial charge in [-0.05, 0) is 19.4 Å². The van der Waals surface area contributed by atoms with Crippen molar-refractivity contribution >= 4 is 11.3 Å². The van der Waals surface area contributed by atoms with Gasteiger partial charge in [-0.3, -0.25) is 0 Å². The molecule has 0 amide bonds. The van der Waals surface area contributed by atoms with E-state index in [2.05, 4.69) is 4.98 Å². The number of aromatic nitrogens is 1. The molecule has 0 saturated carbocycles. The second kappa shape index (κ2) is 5.56. The molecule has 0 aliphatic heterocycles. The Morgan fingerprint density at radius 2 is 2.20 bits per heavy atom. The number of hydrogen-bond acceptors (Lipinski definition) is 3. The maximum Gasteiger partial charge on any atom is 0.111 e. The van der Waals surface area contributed by atoms with Crippen molar-refractivity contribution in [2.45, 2.75) is 33.4 Å². The molecule has 0 fully saturated rings. The highest BCUT2D eigenvalue weighted by molar-refractivity contribution is 7.09. The summed E-state index contributed by atoms with van der Waals surface area (Å²) in [6.45, 7) is 6.35. The smallest absolute Gasteiger partial charge is 0.111 e. The Morgan fingerprint density at radius 1 is 1.53 bits per heavy atom. The number of halogens is 1. The number of thiazole rings is 1. The number of rotatable bonds is 5. The number of nitrogens with zero attached hydrogens (tertiary/aromatic N) is 1.